The SMILES string of the molecule is Cc1ccc(N(c2ccc(C)c(C)c2)c2cc3c(cc(N(c4ccc(C)c(C)c4)c4ccc(C)c(C)c4)c4ccccc43)c3c2=CCCC=3)cc1C. The molecule has 0 bridgehead atoms. The van der Waals surface area contributed by atoms with Gasteiger partial charge in [0.25, 0.3) is 0 Å². The van der Waals surface area contributed by atoms with Crippen LogP contribution in [0.1, 0.15) is 57.3 Å². The van der Waals surface area contributed by atoms with Crippen molar-refractivity contribution in [1.29, 1.82) is 0 Å². The van der Waals surface area contributed by atoms with Gasteiger partial charge < -0.3 is 9.80 Å². The highest BCUT2D eigenvalue weighted by molar-refractivity contribution is 6.16. The Morgan fingerprint density at radius 1 is 0.327 bits per heavy atom. The predicted octanol–water partition coefficient (Wildman–Crippen LogP) is 12.8. The Kier molecular flexibility index (Phi) is 8.50. The maximum Gasteiger partial charge on any atom is 0.0546 e. The van der Waals surface area contributed by atoms with Crippen LogP contribution >= 0.6 is 0 Å². The fourth-order valence-electron chi connectivity index (χ4n) is 7.83. The topological polar surface area (TPSA) is 6.48 Å². The van der Waals surface area contributed by atoms with Crippen molar-refractivity contribution in [2.24, 2.45) is 0 Å². The van der Waals surface area contributed by atoms with Gasteiger partial charge in [0.1, 0.15) is 0 Å². The Morgan fingerprint density at radius 3 is 1.15 bits per heavy atom. The van der Waals surface area contributed by atoms with Crippen LogP contribution in [-0.4, -0.2) is 0 Å². The summed E-state index contributed by atoms with van der Waals surface area (Å²) in [6.07, 6.45) is 7.00. The van der Waals surface area contributed by atoms with Crippen LogP contribution in [0, 0.1) is 55.4 Å². The molecule has 1 aliphatic rings. The van der Waals surface area contributed by atoms with Gasteiger partial charge >= 0.3 is 0 Å². The molecule has 1 aliphatic carbocycles. The first kappa shape index (κ1) is 33.5. The van der Waals surface area contributed by atoms with E-state index in [0.717, 1.165) is 12.8 Å². The Balaban J connectivity index is 1.47. The molecule has 8 rings (SSSR count). The molecule has 2 nitrogen and oxygen atoms in total. The number of anilines is 6. The lowest BCUT2D eigenvalue weighted by Gasteiger charge is -2.30. The van der Waals surface area contributed by atoms with Crippen molar-refractivity contribution in [2.45, 2.75) is 68.2 Å². The summed E-state index contributed by atoms with van der Waals surface area (Å²) in [5.41, 5.74) is 17.5. The number of benzene rings is 7. The van der Waals surface area contributed by atoms with Gasteiger partial charge in [-0.05, 0) is 195 Å². The molecule has 52 heavy (non-hydrogen) atoms. The Morgan fingerprint density at radius 2 is 0.712 bits per heavy atom. The lowest BCUT2D eigenvalue weighted by atomic mass is 9.93. The number of hydrogen-bond acceptors (Lipinski definition) is 2. The Hall–Kier alpha value is -5.60. The van der Waals surface area contributed by atoms with E-state index in [0.29, 0.717) is 0 Å². The maximum absolute atomic E-state index is 2.49. The largest absolute Gasteiger partial charge is 0.310 e. The van der Waals surface area contributed by atoms with Gasteiger partial charge in [-0.15, -0.1) is 0 Å². The lowest BCUT2D eigenvalue weighted by Crippen LogP contribution is -2.33. The first-order valence-electron chi connectivity index (χ1n) is 18.7. The van der Waals surface area contributed by atoms with Crippen molar-refractivity contribution in [2.75, 3.05) is 9.80 Å². The van der Waals surface area contributed by atoms with Gasteiger partial charge in [0, 0.05) is 33.4 Å². The number of nitrogens with zero attached hydrogens (tertiary/aromatic N) is 2. The number of fused-ring (bicyclic) bond motifs is 5. The standard InChI is InChI=1S/C50H48N2/c1-31-17-21-39(25-35(31)5)51(40-22-18-32(2)36(6)26-40)49-29-47-44-14-10-12-16-46(44)50(30-48(47)43-13-9-11-15-45(43)49)52(41-23-19-33(3)37(7)27-41)42-24-20-34(4)38(8)28-42/h9,11,13-30H,10,12H2,1-8H3. The third-order valence-electron chi connectivity index (χ3n) is 11.5. The van der Waals surface area contributed by atoms with Crippen molar-refractivity contribution >= 4 is 67.8 Å². The van der Waals surface area contributed by atoms with E-state index in [1.807, 2.05) is 0 Å². The summed E-state index contributed by atoms with van der Waals surface area (Å²) in [4.78, 5) is 4.97. The second-order valence-corrected chi connectivity index (χ2v) is 15.0. The average Bonchev–Trinajstić information content (AvgIpc) is 3.14. The van der Waals surface area contributed by atoms with Crippen molar-refractivity contribution in [1.82, 2.24) is 0 Å². The molecule has 0 heterocycles. The summed E-state index contributed by atoms with van der Waals surface area (Å²) in [5.74, 6) is 0. The molecule has 0 saturated carbocycles. The van der Waals surface area contributed by atoms with Gasteiger partial charge in [-0.25, -0.2) is 0 Å². The summed E-state index contributed by atoms with van der Waals surface area (Å²) < 4.78 is 0. The zero-order chi connectivity index (χ0) is 36.3. The predicted molar refractivity (Wildman–Crippen MR) is 226 cm³/mol. The van der Waals surface area contributed by atoms with Gasteiger partial charge in [-0.1, -0.05) is 60.7 Å². The molecule has 7 aromatic rings. The van der Waals surface area contributed by atoms with Gasteiger partial charge in [0.05, 0.1) is 11.4 Å². The van der Waals surface area contributed by atoms with E-state index in [9.17, 15) is 0 Å². The number of aryl methyl sites for hydroxylation is 8. The molecule has 0 aliphatic heterocycles. The summed E-state index contributed by atoms with van der Waals surface area (Å²) in [6, 6.07) is 41.5. The molecular weight excluding hydrogens is 629 g/mol. The van der Waals surface area contributed by atoms with Crippen LogP contribution in [0.25, 0.3) is 33.7 Å². The molecule has 0 spiro atoms. The van der Waals surface area contributed by atoms with Crippen molar-refractivity contribution in [3.63, 3.8) is 0 Å². The van der Waals surface area contributed by atoms with E-state index in [2.05, 4.69) is 187 Å². The normalized spacial score (nSPS) is 12.4. The maximum atomic E-state index is 2.49. The molecule has 0 amide bonds. The lowest BCUT2D eigenvalue weighted by molar-refractivity contribution is 1.11. The molecule has 0 saturated heterocycles. The summed E-state index contributed by atoms with van der Waals surface area (Å²) in [6.45, 7) is 17.7. The third-order valence-corrected chi connectivity index (χ3v) is 11.5. The second-order valence-electron chi connectivity index (χ2n) is 15.0. The molecule has 0 fully saturated rings. The average molecular weight is 677 g/mol. The fraction of sp³-hybridized carbons (Fsp3) is 0.200. The van der Waals surface area contributed by atoms with Crippen LogP contribution in [0.5, 0.6) is 0 Å². The Labute approximate surface area is 309 Å². The van der Waals surface area contributed by atoms with E-state index in [1.54, 1.807) is 0 Å². The van der Waals surface area contributed by atoms with E-state index < -0.39 is 0 Å². The van der Waals surface area contributed by atoms with Crippen molar-refractivity contribution < 1.29 is 0 Å². The summed E-state index contributed by atoms with van der Waals surface area (Å²) in [7, 11) is 0. The van der Waals surface area contributed by atoms with Gasteiger partial charge in [-0.3, -0.25) is 0 Å². The monoisotopic (exact) mass is 676 g/mol. The Bertz CT molecular complexity index is 2580. The van der Waals surface area contributed by atoms with Gasteiger partial charge in [0.2, 0.25) is 0 Å². The third kappa shape index (κ3) is 5.77. The summed E-state index contributed by atoms with van der Waals surface area (Å²) in [5, 5.41) is 7.69. The molecule has 0 radical (unpaired) electrons. The first-order chi connectivity index (χ1) is 25.1. The van der Waals surface area contributed by atoms with E-state index in [4.69, 9.17) is 0 Å². The zero-order valence-corrected chi connectivity index (χ0v) is 31.9. The van der Waals surface area contributed by atoms with Gasteiger partial charge in [0.15, 0.2) is 0 Å². The first-order valence-corrected chi connectivity index (χ1v) is 18.7. The minimum Gasteiger partial charge on any atom is -0.310 e. The van der Waals surface area contributed by atoms with E-state index >= 15 is 0 Å². The summed E-state index contributed by atoms with van der Waals surface area (Å²) >= 11 is 0. The van der Waals surface area contributed by atoms with Crippen LogP contribution in [0.3, 0.4) is 0 Å². The molecule has 2 heteroatoms. The van der Waals surface area contributed by atoms with Crippen LogP contribution in [0.4, 0.5) is 34.1 Å². The smallest absolute Gasteiger partial charge is 0.0546 e. The van der Waals surface area contributed by atoms with Crippen molar-refractivity contribution in [3.05, 3.63) is 164 Å². The second kappa shape index (κ2) is 13.2. The number of hydrogen-bond donors (Lipinski definition) is 0. The molecule has 0 unspecified atom stereocenters. The molecule has 0 atom stereocenters. The highest BCUT2D eigenvalue weighted by Crippen LogP contribution is 2.44. The highest BCUT2D eigenvalue weighted by atomic mass is 15.2. The molecule has 7 aromatic carbocycles. The molecule has 0 N–H and O–H groups in total. The molecule has 258 valence electrons. The van der Waals surface area contributed by atoms with Crippen LogP contribution < -0.4 is 20.2 Å². The molecular formula is C50H48N2. The van der Waals surface area contributed by atoms with Crippen molar-refractivity contribution in [3.8, 4) is 0 Å². The van der Waals surface area contributed by atoms with Crippen LogP contribution in [0.2, 0.25) is 0 Å². The van der Waals surface area contributed by atoms with Gasteiger partial charge in [-0.2, -0.15) is 0 Å². The minimum absolute atomic E-state index is 1.02. The minimum atomic E-state index is 1.02. The van der Waals surface area contributed by atoms with Crippen LogP contribution in [-0.2, 0) is 0 Å². The molecule has 0 aromatic heterocycles. The quantitative estimate of drug-likeness (QED) is 0.162. The van der Waals surface area contributed by atoms with Crippen LogP contribution in [0.15, 0.2) is 109 Å². The number of rotatable bonds is 6. The fourth-order valence-corrected chi connectivity index (χ4v) is 7.83. The zero-order valence-electron chi connectivity index (χ0n) is 31.9. The highest BCUT2D eigenvalue weighted by Gasteiger charge is 2.22. The van der Waals surface area contributed by atoms with E-state index in [-0.39, 0.29) is 0 Å². The van der Waals surface area contributed by atoms with E-state index in [1.165, 1.54) is 111 Å².